The maximum atomic E-state index is 12.1. The summed E-state index contributed by atoms with van der Waals surface area (Å²) < 4.78 is 5.40. The third kappa shape index (κ3) is 3.71. The number of ether oxygens (including phenoxy) is 1. The zero-order valence-corrected chi connectivity index (χ0v) is 10.8. The molecule has 0 fully saturated rings. The highest BCUT2D eigenvalue weighted by atomic mass is 32.1. The van der Waals surface area contributed by atoms with Crippen LogP contribution in [0.1, 0.15) is 17.3 Å². The lowest BCUT2D eigenvalue weighted by atomic mass is 10.2. The van der Waals surface area contributed by atoms with Crippen molar-refractivity contribution in [1.29, 1.82) is 0 Å². The summed E-state index contributed by atoms with van der Waals surface area (Å²) in [4.78, 5) is 13.9. The van der Waals surface area contributed by atoms with Crippen LogP contribution in [-0.2, 0) is 0 Å². The number of thiocarbonyl (C=S) groups is 1. The molecule has 0 aromatic heterocycles. The third-order valence-electron chi connectivity index (χ3n) is 2.16. The number of hydrogen-bond donors (Lipinski definition) is 1. The van der Waals surface area contributed by atoms with Crippen LogP contribution in [0.5, 0.6) is 5.75 Å². The van der Waals surface area contributed by atoms with Gasteiger partial charge in [0.25, 0.3) is 5.91 Å². The highest BCUT2D eigenvalue weighted by Crippen LogP contribution is 2.19. The van der Waals surface area contributed by atoms with Crippen molar-refractivity contribution in [2.45, 2.75) is 6.92 Å². The quantitative estimate of drug-likeness (QED) is 0.806. The number of benzene rings is 1. The van der Waals surface area contributed by atoms with Crippen LogP contribution in [0.3, 0.4) is 0 Å². The highest BCUT2D eigenvalue weighted by molar-refractivity contribution is 7.80. The molecule has 1 aromatic rings. The molecule has 0 aliphatic carbocycles. The van der Waals surface area contributed by atoms with E-state index in [0.29, 0.717) is 17.9 Å². The molecule has 17 heavy (non-hydrogen) atoms. The monoisotopic (exact) mass is 252 g/mol. The number of nitrogens with two attached hydrogens (primary N) is 1. The van der Waals surface area contributed by atoms with Crippen molar-refractivity contribution in [2.75, 3.05) is 20.2 Å². The summed E-state index contributed by atoms with van der Waals surface area (Å²) >= 11 is 4.78. The number of nitrogens with zero attached hydrogens (tertiary/aromatic N) is 1. The molecule has 0 saturated heterocycles. The lowest BCUT2D eigenvalue weighted by Crippen LogP contribution is -2.34. The maximum absolute atomic E-state index is 12.1. The Bertz CT molecular complexity index is 421. The number of hydrogen-bond acceptors (Lipinski definition) is 3. The van der Waals surface area contributed by atoms with Crippen LogP contribution in [0.2, 0.25) is 0 Å². The first-order valence-electron chi connectivity index (χ1n) is 5.31. The van der Waals surface area contributed by atoms with E-state index >= 15 is 0 Å². The van der Waals surface area contributed by atoms with Crippen LogP contribution in [0.25, 0.3) is 0 Å². The molecule has 0 atom stereocenters. The van der Waals surface area contributed by atoms with Crippen molar-refractivity contribution < 1.29 is 9.53 Å². The fourth-order valence-electron chi connectivity index (χ4n) is 1.44. The minimum Gasteiger partial charge on any atom is -0.493 e. The SMILES string of the molecule is CCOc1ccccc1C(=O)N(C)CC(N)=S. The number of carbonyl (C=O) groups is 1. The van der Waals surface area contributed by atoms with E-state index in [2.05, 4.69) is 0 Å². The average molecular weight is 252 g/mol. The van der Waals surface area contributed by atoms with E-state index in [9.17, 15) is 4.79 Å². The van der Waals surface area contributed by atoms with E-state index in [-0.39, 0.29) is 17.4 Å². The molecule has 0 saturated carbocycles. The summed E-state index contributed by atoms with van der Waals surface area (Å²) in [6.07, 6.45) is 0. The van der Waals surface area contributed by atoms with Gasteiger partial charge in [0, 0.05) is 7.05 Å². The number of para-hydroxylation sites is 1. The topological polar surface area (TPSA) is 55.6 Å². The van der Waals surface area contributed by atoms with E-state index in [1.807, 2.05) is 13.0 Å². The molecular formula is C12H16N2O2S. The van der Waals surface area contributed by atoms with Crippen molar-refractivity contribution in [3.8, 4) is 5.75 Å². The Hall–Kier alpha value is -1.62. The molecule has 2 N–H and O–H groups in total. The Morgan fingerprint density at radius 3 is 2.71 bits per heavy atom. The van der Waals surface area contributed by atoms with Gasteiger partial charge >= 0.3 is 0 Å². The summed E-state index contributed by atoms with van der Waals surface area (Å²) in [5, 5.41) is 0. The maximum Gasteiger partial charge on any atom is 0.257 e. The Morgan fingerprint density at radius 2 is 2.12 bits per heavy atom. The number of likely N-dealkylation sites (N-methyl/N-ethyl adjacent to an activating group) is 1. The Morgan fingerprint density at radius 1 is 1.47 bits per heavy atom. The van der Waals surface area contributed by atoms with E-state index in [1.165, 1.54) is 4.90 Å². The van der Waals surface area contributed by atoms with Gasteiger partial charge in [0.15, 0.2) is 0 Å². The van der Waals surface area contributed by atoms with Crippen LogP contribution in [0.15, 0.2) is 24.3 Å². The summed E-state index contributed by atoms with van der Waals surface area (Å²) in [7, 11) is 1.66. The smallest absolute Gasteiger partial charge is 0.257 e. The normalized spacial score (nSPS) is 9.76. The predicted molar refractivity (Wildman–Crippen MR) is 71.4 cm³/mol. The zero-order chi connectivity index (χ0) is 12.8. The van der Waals surface area contributed by atoms with Gasteiger partial charge in [-0.2, -0.15) is 0 Å². The highest BCUT2D eigenvalue weighted by Gasteiger charge is 2.16. The van der Waals surface area contributed by atoms with Gasteiger partial charge in [-0.3, -0.25) is 4.79 Å². The molecule has 1 aromatic carbocycles. The van der Waals surface area contributed by atoms with Gasteiger partial charge in [-0.25, -0.2) is 0 Å². The predicted octanol–water partition coefficient (Wildman–Crippen LogP) is 1.44. The molecule has 0 unspecified atom stereocenters. The van der Waals surface area contributed by atoms with Crippen LogP contribution in [0.4, 0.5) is 0 Å². The molecule has 4 nitrogen and oxygen atoms in total. The first-order valence-corrected chi connectivity index (χ1v) is 5.72. The Labute approximate surface area is 106 Å². The van der Waals surface area contributed by atoms with Gasteiger partial charge in [-0.1, -0.05) is 24.4 Å². The summed E-state index contributed by atoms with van der Waals surface area (Å²) in [5.74, 6) is 0.427. The second-order valence-corrected chi connectivity index (χ2v) is 4.08. The molecule has 0 bridgehead atoms. The first-order chi connectivity index (χ1) is 8.06. The molecule has 0 aliphatic heterocycles. The van der Waals surface area contributed by atoms with E-state index in [1.54, 1.807) is 25.2 Å². The average Bonchev–Trinajstić information content (AvgIpc) is 2.28. The molecule has 0 aliphatic rings. The molecule has 92 valence electrons. The van der Waals surface area contributed by atoms with Crippen molar-refractivity contribution in [2.24, 2.45) is 5.73 Å². The standard InChI is InChI=1S/C12H16N2O2S/c1-3-16-10-7-5-4-6-9(10)12(15)14(2)8-11(13)17/h4-7H,3,8H2,1-2H3,(H2,13,17). The Kier molecular flexibility index (Phi) is 4.90. The minimum absolute atomic E-state index is 0.151. The van der Waals surface area contributed by atoms with Crippen LogP contribution in [-0.4, -0.2) is 36.0 Å². The molecular weight excluding hydrogens is 236 g/mol. The van der Waals surface area contributed by atoms with Crippen molar-refractivity contribution in [1.82, 2.24) is 4.90 Å². The fraction of sp³-hybridized carbons (Fsp3) is 0.333. The van der Waals surface area contributed by atoms with E-state index in [0.717, 1.165) is 0 Å². The zero-order valence-electron chi connectivity index (χ0n) is 9.97. The summed E-state index contributed by atoms with van der Waals surface area (Å²) in [6.45, 7) is 2.65. The van der Waals surface area contributed by atoms with Crippen LogP contribution >= 0.6 is 12.2 Å². The minimum atomic E-state index is -0.151. The van der Waals surface area contributed by atoms with Gasteiger partial charge in [0.2, 0.25) is 0 Å². The number of rotatable bonds is 5. The molecule has 0 heterocycles. The van der Waals surface area contributed by atoms with Gasteiger partial charge < -0.3 is 15.4 Å². The Balaban J connectivity index is 2.91. The first kappa shape index (κ1) is 13.4. The van der Waals surface area contributed by atoms with Crippen molar-refractivity contribution in [3.63, 3.8) is 0 Å². The van der Waals surface area contributed by atoms with Gasteiger partial charge in [0.05, 0.1) is 23.7 Å². The van der Waals surface area contributed by atoms with Crippen LogP contribution in [0, 0.1) is 0 Å². The molecule has 5 heteroatoms. The molecule has 1 rings (SSSR count). The molecule has 0 spiro atoms. The van der Waals surface area contributed by atoms with Gasteiger partial charge in [-0.15, -0.1) is 0 Å². The summed E-state index contributed by atoms with van der Waals surface area (Å²) in [5.41, 5.74) is 5.93. The lowest BCUT2D eigenvalue weighted by molar-refractivity contribution is 0.0811. The molecule has 0 radical (unpaired) electrons. The van der Waals surface area contributed by atoms with E-state index < -0.39 is 0 Å². The lowest BCUT2D eigenvalue weighted by Gasteiger charge is -2.18. The largest absolute Gasteiger partial charge is 0.493 e. The van der Waals surface area contributed by atoms with Crippen LogP contribution < -0.4 is 10.5 Å². The second-order valence-electron chi connectivity index (χ2n) is 3.56. The van der Waals surface area contributed by atoms with Gasteiger partial charge in [0.1, 0.15) is 5.75 Å². The molecule has 1 amide bonds. The van der Waals surface area contributed by atoms with Gasteiger partial charge in [-0.05, 0) is 19.1 Å². The number of carbonyl (C=O) groups excluding carboxylic acids is 1. The van der Waals surface area contributed by atoms with E-state index in [4.69, 9.17) is 22.7 Å². The second kappa shape index (κ2) is 6.20. The third-order valence-corrected chi connectivity index (χ3v) is 2.29. The fourth-order valence-corrected chi connectivity index (χ4v) is 1.63. The van der Waals surface area contributed by atoms with Crippen molar-refractivity contribution >= 4 is 23.1 Å². The number of amides is 1. The summed E-state index contributed by atoms with van der Waals surface area (Å²) in [6, 6.07) is 7.12. The van der Waals surface area contributed by atoms with Crippen molar-refractivity contribution in [3.05, 3.63) is 29.8 Å².